The minimum absolute atomic E-state index is 0.0161. The lowest BCUT2D eigenvalue weighted by atomic mass is 9.98. The summed E-state index contributed by atoms with van der Waals surface area (Å²) in [7, 11) is 0. The number of ether oxygens (including phenoxy) is 1. The number of piperazine rings is 1. The zero-order valence-electron chi connectivity index (χ0n) is 9.08. The summed E-state index contributed by atoms with van der Waals surface area (Å²) < 4.78 is 5.24. The van der Waals surface area contributed by atoms with Crippen molar-refractivity contribution in [3.63, 3.8) is 0 Å². The third-order valence-electron chi connectivity index (χ3n) is 2.91. The number of carbonyl (C=O) groups excluding carboxylic acids is 2. The van der Waals surface area contributed by atoms with Crippen LogP contribution in [-0.2, 0) is 14.3 Å². The Hall–Kier alpha value is -1.10. The minimum Gasteiger partial charge on any atom is -0.379 e. The Morgan fingerprint density at radius 3 is 2.80 bits per heavy atom. The number of amides is 2. The van der Waals surface area contributed by atoms with Crippen molar-refractivity contribution in [2.75, 3.05) is 19.8 Å². The molecule has 0 saturated carbocycles. The summed E-state index contributed by atoms with van der Waals surface area (Å²) in [6.45, 7) is 4.85. The van der Waals surface area contributed by atoms with Crippen molar-refractivity contribution in [1.82, 2.24) is 10.2 Å². The Bertz CT molecular complexity index is 295. The van der Waals surface area contributed by atoms with E-state index in [1.807, 2.05) is 0 Å². The SMILES string of the molecule is CC1(C)NC(=O)CN(C2CCOC2)C1=O. The second-order valence-corrected chi connectivity index (χ2v) is 4.62. The standard InChI is InChI=1S/C10H16N2O3/c1-10(2)9(14)12(5-8(13)11-10)7-3-4-15-6-7/h7H,3-6H2,1-2H3,(H,11,13). The Morgan fingerprint density at radius 2 is 2.20 bits per heavy atom. The van der Waals surface area contributed by atoms with Gasteiger partial charge in [-0.1, -0.05) is 0 Å². The molecule has 84 valence electrons. The third-order valence-corrected chi connectivity index (χ3v) is 2.91. The lowest BCUT2D eigenvalue weighted by molar-refractivity contribution is -0.150. The summed E-state index contributed by atoms with van der Waals surface area (Å²) in [5.74, 6) is -0.107. The van der Waals surface area contributed by atoms with Gasteiger partial charge in [-0.05, 0) is 20.3 Å². The molecule has 0 bridgehead atoms. The molecular weight excluding hydrogens is 196 g/mol. The Kier molecular flexibility index (Phi) is 2.42. The van der Waals surface area contributed by atoms with Gasteiger partial charge in [0.2, 0.25) is 11.8 Å². The van der Waals surface area contributed by atoms with E-state index in [2.05, 4.69) is 5.32 Å². The fourth-order valence-electron chi connectivity index (χ4n) is 2.09. The average Bonchev–Trinajstić information content (AvgIpc) is 2.63. The van der Waals surface area contributed by atoms with Crippen molar-refractivity contribution in [1.29, 1.82) is 0 Å². The number of hydrogen-bond acceptors (Lipinski definition) is 3. The minimum atomic E-state index is -0.780. The maximum Gasteiger partial charge on any atom is 0.248 e. The van der Waals surface area contributed by atoms with Crippen molar-refractivity contribution < 1.29 is 14.3 Å². The second kappa shape index (κ2) is 3.48. The van der Waals surface area contributed by atoms with E-state index >= 15 is 0 Å². The van der Waals surface area contributed by atoms with Crippen LogP contribution < -0.4 is 5.32 Å². The number of nitrogens with zero attached hydrogens (tertiary/aromatic N) is 1. The number of rotatable bonds is 1. The third kappa shape index (κ3) is 1.84. The topological polar surface area (TPSA) is 58.6 Å². The van der Waals surface area contributed by atoms with Crippen LogP contribution in [0.3, 0.4) is 0 Å². The highest BCUT2D eigenvalue weighted by atomic mass is 16.5. The number of nitrogens with one attached hydrogen (secondary N) is 1. The molecule has 0 aliphatic carbocycles. The van der Waals surface area contributed by atoms with Crippen LogP contribution in [0.2, 0.25) is 0 Å². The first kappa shape index (κ1) is 10.4. The fourth-order valence-corrected chi connectivity index (χ4v) is 2.09. The lowest BCUT2D eigenvalue weighted by Crippen LogP contribution is -2.65. The highest BCUT2D eigenvalue weighted by Gasteiger charge is 2.42. The van der Waals surface area contributed by atoms with E-state index in [1.54, 1.807) is 18.7 Å². The Balaban J connectivity index is 2.16. The molecule has 5 heteroatoms. The molecular formula is C10H16N2O3. The molecule has 2 amide bonds. The molecule has 1 N–H and O–H groups in total. The van der Waals surface area contributed by atoms with Gasteiger partial charge in [0.15, 0.2) is 0 Å². The molecule has 2 rings (SSSR count). The predicted molar refractivity (Wildman–Crippen MR) is 53.2 cm³/mol. The summed E-state index contributed by atoms with van der Waals surface area (Å²) in [5.41, 5.74) is -0.780. The van der Waals surface area contributed by atoms with Gasteiger partial charge in [-0.15, -0.1) is 0 Å². The summed E-state index contributed by atoms with van der Waals surface area (Å²) in [5, 5.41) is 2.69. The van der Waals surface area contributed by atoms with Crippen molar-refractivity contribution >= 4 is 11.8 Å². The van der Waals surface area contributed by atoms with Crippen molar-refractivity contribution in [3.05, 3.63) is 0 Å². The molecule has 0 radical (unpaired) electrons. The molecule has 2 heterocycles. The predicted octanol–water partition coefficient (Wildman–Crippen LogP) is -0.488. The van der Waals surface area contributed by atoms with Crippen LogP contribution in [0.25, 0.3) is 0 Å². The van der Waals surface area contributed by atoms with E-state index < -0.39 is 5.54 Å². The fraction of sp³-hybridized carbons (Fsp3) is 0.800. The van der Waals surface area contributed by atoms with Crippen LogP contribution in [0.5, 0.6) is 0 Å². The van der Waals surface area contributed by atoms with E-state index in [0.717, 1.165) is 6.42 Å². The van der Waals surface area contributed by atoms with Crippen LogP contribution in [0.15, 0.2) is 0 Å². The zero-order chi connectivity index (χ0) is 11.1. The van der Waals surface area contributed by atoms with Crippen molar-refractivity contribution in [3.8, 4) is 0 Å². The van der Waals surface area contributed by atoms with E-state index in [0.29, 0.717) is 13.2 Å². The van der Waals surface area contributed by atoms with Crippen LogP contribution in [0.1, 0.15) is 20.3 Å². The zero-order valence-corrected chi connectivity index (χ0v) is 9.08. The van der Waals surface area contributed by atoms with Crippen LogP contribution in [0.4, 0.5) is 0 Å². The van der Waals surface area contributed by atoms with E-state index in [1.165, 1.54) is 0 Å². The summed E-state index contributed by atoms with van der Waals surface area (Å²) in [6.07, 6.45) is 0.828. The monoisotopic (exact) mass is 212 g/mol. The molecule has 0 aromatic heterocycles. The Labute approximate surface area is 88.8 Å². The van der Waals surface area contributed by atoms with Gasteiger partial charge in [-0.25, -0.2) is 0 Å². The van der Waals surface area contributed by atoms with Crippen LogP contribution in [-0.4, -0.2) is 48.1 Å². The Morgan fingerprint density at radius 1 is 1.47 bits per heavy atom. The van der Waals surface area contributed by atoms with Crippen molar-refractivity contribution in [2.24, 2.45) is 0 Å². The van der Waals surface area contributed by atoms with E-state index in [4.69, 9.17) is 4.74 Å². The smallest absolute Gasteiger partial charge is 0.248 e. The molecule has 2 saturated heterocycles. The first-order valence-electron chi connectivity index (χ1n) is 5.20. The molecule has 15 heavy (non-hydrogen) atoms. The summed E-state index contributed by atoms with van der Waals surface area (Å²) in [4.78, 5) is 25.1. The van der Waals surface area contributed by atoms with Crippen LogP contribution in [0, 0.1) is 0 Å². The summed E-state index contributed by atoms with van der Waals surface area (Å²) in [6, 6.07) is 0.0721. The first-order chi connectivity index (χ1) is 7.00. The molecule has 1 atom stereocenters. The quantitative estimate of drug-likeness (QED) is 0.638. The van der Waals surface area contributed by atoms with Crippen LogP contribution >= 0.6 is 0 Å². The largest absolute Gasteiger partial charge is 0.379 e. The van der Waals surface area contributed by atoms with E-state index in [9.17, 15) is 9.59 Å². The molecule has 2 fully saturated rings. The molecule has 1 unspecified atom stereocenters. The van der Waals surface area contributed by atoms with E-state index in [-0.39, 0.29) is 24.4 Å². The normalized spacial score (nSPS) is 30.5. The highest BCUT2D eigenvalue weighted by molar-refractivity contribution is 5.97. The first-order valence-corrected chi connectivity index (χ1v) is 5.20. The maximum absolute atomic E-state index is 12.0. The lowest BCUT2D eigenvalue weighted by Gasteiger charge is -2.40. The van der Waals surface area contributed by atoms with Gasteiger partial charge in [0, 0.05) is 6.61 Å². The molecule has 2 aliphatic heterocycles. The average molecular weight is 212 g/mol. The van der Waals surface area contributed by atoms with Gasteiger partial charge in [0.05, 0.1) is 12.6 Å². The van der Waals surface area contributed by atoms with Gasteiger partial charge in [0.25, 0.3) is 0 Å². The van der Waals surface area contributed by atoms with Gasteiger partial charge >= 0.3 is 0 Å². The van der Waals surface area contributed by atoms with Gasteiger partial charge in [-0.2, -0.15) is 0 Å². The molecule has 0 aromatic rings. The van der Waals surface area contributed by atoms with Gasteiger partial charge in [0.1, 0.15) is 12.1 Å². The van der Waals surface area contributed by atoms with Crippen molar-refractivity contribution in [2.45, 2.75) is 31.8 Å². The molecule has 0 spiro atoms. The number of carbonyl (C=O) groups is 2. The molecule has 0 aromatic carbocycles. The molecule has 5 nitrogen and oxygen atoms in total. The maximum atomic E-state index is 12.0. The second-order valence-electron chi connectivity index (χ2n) is 4.62. The number of hydrogen-bond donors (Lipinski definition) is 1. The van der Waals surface area contributed by atoms with Gasteiger partial charge < -0.3 is 15.0 Å². The van der Waals surface area contributed by atoms with Gasteiger partial charge in [-0.3, -0.25) is 9.59 Å². The molecule has 2 aliphatic rings. The summed E-state index contributed by atoms with van der Waals surface area (Å²) >= 11 is 0. The highest BCUT2D eigenvalue weighted by Crippen LogP contribution is 2.20.